The standard InChI is InChI=1S/C23H22FN5O2/c24-22-9-18(4-5-19(22)10-25)13-29-16-26-11-20(29)14-27-6-7-28(23(31)15-27)12-17-2-1-3-21(30)8-17/h1-5,8-9,11,16,30H,6-7,12-15H2. The summed E-state index contributed by atoms with van der Waals surface area (Å²) >= 11 is 0. The molecule has 3 aromatic rings. The van der Waals surface area contributed by atoms with Gasteiger partial charge in [-0.15, -0.1) is 0 Å². The van der Waals surface area contributed by atoms with Crippen LogP contribution in [0.2, 0.25) is 0 Å². The first-order valence-corrected chi connectivity index (χ1v) is 9.97. The van der Waals surface area contributed by atoms with E-state index in [1.54, 1.807) is 41.7 Å². The second-order valence-electron chi connectivity index (χ2n) is 7.63. The van der Waals surface area contributed by atoms with Gasteiger partial charge in [-0.1, -0.05) is 18.2 Å². The average Bonchev–Trinajstić information content (AvgIpc) is 3.17. The Morgan fingerprint density at radius 3 is 2.68 bits per heavy atom. The zero-order valence-corrected chi connectivity index (χ0v) is 16.9. The topological polar surface area (TPSA) is 85.4 Å². The average molecular weight is 419 g/mol. The van der Waals surface area contributed by atoms with Crippen molar-refractivity contribution in [2.45, 2.75) is 19.6 Å². The van der Waals surface area contributed by atoms with Crippen LogP contribution < -0.4 is 0 Å². The molecule has 0 unspecified atom stereocenters. The highest BCUT2D eigenvalue weighted by Crippen LogP contribution is 2.17. The molecule has 1 aliphatic rings. The predicted octanol–water partition coefficient (Wildman–Crippen LogP) is 2.49. The van der Waals surface area contributed by atoms with Crippen LogP contribution in [-0.2, 0) is 24.4 Å². The molecule has 7 nitrogen and oxygen atoms in total. The third kappa shape index (κ3) is 4.90. The first-order valence-electron chi connectivity index (χ1n) is 9.97. The number of hydrogen-bond acceptors (Lipinski definition) is 5. The third-order valence-corrected chi connectivity index (χ3v) is 5.37. The van der Waals surface area contributed by atoms with Crippen molar-refractivity contribution in [1.29, 1.82) is 5.26 Å². The zero-order valence-electron chi connectivity index (χ0n) is 16.9. The van der Waals surface area contributed by atoms with Crippen molar-refractivity contribution in [3.63, 3.8) is 0 Å². The van der Waals surface area contributed by atoms with Crippen molar-refractivity contribution >= 4 is 5.91 Å². The molecule has 0 atom stereocenters. The summed E-state index contributed by atoms with van der Waals surface area (Å²) in [5, 5.41) is 18.5. The Morgan fingerprint density at radius 2 is 1.94 bits per heavy atom. The summed E-state index contributed by atoms with van der Waals surface area (Å²) in [6.07, 6.45) is 3.44. The number of carbonyl (C=O) groups excluding carboxylic acids is 1. The molecule has 0 bridgehead atoms. The number of rotatable bonds is 6. The highest BCUT2D eigenvalue weighted by molar-refractivity contribution is 5.79. The molecule has 0 aliphatic carbocycles. The van der Waals surface area contributed by atoms with Gasteiger partial charge in [0.15, 0.2) is 0 Å². The number of nitrogens with zero attached hydrogens (tertiary/aromatic N) is 5. The van der Waals surface area contributed by atoms with Crippen molar-refractivity contribution in [3.8, 4) is 11.8 Å². The fourth-order valence-electron chi connectivity index (χ4n) is 3.73. The summed E-state index contributed by atoms with van der Waals surface area (Å²) in [6, 6.07) is 13.3. The van der Waals surface area contributed by atoms with Crippen molar-refractivity contribution in [2.24, 2.45) is 0 Å². The highest BCUT2D eigenvalue weighted by atomic mass is 19.1. The Morgan fingerprint density at radius 1 is 1.10 bits per heavy atom. The molecule has 1 aromatic heterocycles. The number of imidazole rings is 1. The van der Waals surface area contributed by atoms with E-state index in [0.29, 0.717) is 32.7 Å². The molecular weight excluding hydrogens is 397 g/mol. The lowest BCUT2D eigenvalue weighted by Crippen LogP contribution is -2.49. The van der Waals surface area contributed by atoms with Gasteiger partial charge in [0, 0.05) is 38.9 Å². The number of amides is 1. The minimum Gasteiger partial charge on any atom is -0.508 e. The molecule has 31 heavy (non-hydrogen) atoms. The minimum atomic E-state index is -0.532. The Balaban J connectivity index is 1.37. The van der Waals surface area contributed by atoms with E-state index in [1.807, 2.05) is 16.7 Å². The molecule has 0 spiro atoms. The lowest BCUT2D eigenvalue weighted by atomic mass is 10.1. The lowest BCUT2D eigenvalue weighted by molar-refractivity contribution is -0.136. The van der Waals surface area contributed by atoms with Gasteiger partial charge in [0.2, 0.25) is 5.91 Å². The van der Waals surface area contributed by atoms with Crippen LogP contribution in [0.5, 0.6) is 5.75 Å². The van der Waals surface area contributed by atoms with Gasteiger partial charge >= 0.3 is 0 Å². The van der Waals surface area contributed by atoms with E-state index in [0.717, 1.165) is 23.4 Å². The second-order valence-corrected chi connectivity index (χ2v) is 7.63. The number of phenolic OH excluding ortho intramolecular Hbond substituents is 1. The summed E-state index contributed by atoms with van der Waals surface area (Å²) in [7, 11) is 0. The smallest absolute Gasteiger partial charge is 0.237 e. The van der Waals surface area contributed by atoms with E-state index in [-0.39, 0.29) is 17.2 Å². The van der Waals surface area contributed by atoms with Crippen molar-refractivity contribution in [2.75, 3.05) is 19.6 Å². The monoisotopic (exact) mass is 419 g/mol. The number of aromatic hydroxyl groups is 1. The first-order chi connectivity index (χ1) is 15.0. The number of halogens is 1. The third-order valence-electron chi connectivity index (χ3n) is 5.37. The number of aromatic nitrogens is 2. The number of phenols is 1. The van der Waals surface area contributed by atoms with Crippen LogP contribution in [0.3, 0.4) is 0 Å². The maximum Gasteiger partial charge on any atom is 0.237 e. The maximum atomic E-state index is 13.9. The van der Waals surface area contributed by atoms with E-state index in [1.165, 1.54) is 12.1 Å². The SMILES string of the molecule is N#Cc1ccc(Cn2cncc2CN2CCN(Cc3cccc(O)c3)C(=O)C2)cc1F. The van der Waals surface area contributed by atoms with Gasteiger partial charge in [-0.25, -0.2) is 9.37 Å². The Hall–Kier alpha value is -3.70. The van der Waals surface area contributed by atoms with E-state index < -0.39 is 5.82 Å². The molecule has 0 radical (unpaired) electrons. The summed E-state index contributed by atoms with van der Waals surface area (Å²) < 4.78 is 15.8. The molecule has 2 aromatic carbocycles. The normalized spacial score (nSPS) is 14.6. The number of carbonyl (C=O) groups is 1. The quantitative estimate of drug-likeness (QED) is 0.664. The van der Waals surface area contributed by atoms with Gasteiger partial charge in [-0.2, -0.15) is 5.26 Å². The number of piperazine rings is 1. The summed E-state index contributed by atoms with van der Waals surface area (Å²) in [6.45, 7) is 3.09. The number of hydrogen-bond donors (Lipinski definition) is 1. The van der Waals surface area contributed by atoms with Crippen LogP contribution in [0, 0.1) is 17.1 Å². The first kappa shape index (κ1) is 20.6. The van der Waals surface area contributed by atoms with Crippen molar-refractivity contribution in [3.05, 3.63) is 83.2 Å². The molecule has 1 aliphatic heterocycles. The lowest BCUT2D eigenvalue weighted by Gasteiger charge is -2.34. The Labute approximate surface area is 179 Å². The highest BCUT2D eigenvalue weighted by Gasteiger charge is 2.24. The van der Waals surface area contributed by atoms with Crippen LogP contribution in [0.25, 0.3) is 0 Å². The number of nitriles is 1. The van der Waals surface area contributed by atoms with Crippen LogP contribution >= 0.6 is 0 Å². The molecule has 0 saturated carbocycles. The van der Waals surface area contributed by atoms with E-state index in [4.69, 9.17) is 5.26 Å². The predicted molar refractivity (Wildman–Crippen MR) is 111 cm³/mol. The second kappa shape index (κ2) is 8.98. The molecule has 1 amide bonds. The van der Waals surface area contributed by atoms with Gasteiger partial charge in [0.25, 0.3) is 0 Å². The van der Waals surface area contributed by atoms with Crippen LogP contribution in [0.4, 0.5) is 4.39 Å². The summed E-state index contributed by atoms with van der Waals surface area (Å²) in [5.41, 5.74) is 2.59. The van der Waals surface area contributed by atoms with E-state index in [2.05, 4.69) is 9.88 Å². The van der Waals surface area contributed by atoms with Gasteiger partial charge in [0.05, 0.1) is 24.1 Å². The van der Waals surface area contributed by atoms with Gasteiger partial charge in [0.1, 0.15) is 17.6 Å². The Bertz CT molecular complexity index is 1140. The fraction of sp³-hybridized carbons (Fsp3) is 0.261. The zero-order chi connectivity index (χ0) is 21.8. The van der Waals surface area contributed by atoms with E-state index in [9.17, 15) is 14.3 Å². The fourth-order valence-corrected chi connectivity index (χ4v) is 3.73. The van der Waals surface area contributed by atoms with Crippen LogP contribution in [0.1, 0.15) is 22.4 Å². The molecular formula is C23H22FN5O2. The largest absolute Gasteiger partial charge is 0.508 e. The summed E-state index contributed by atoms with van der Waals surface area (Å²) in [4.78, 5) is 20.7. The molecule has 158 valence electrons. The number of benzene rings is 2. The van der Waals surface area contributed by atoms with Crippen LogP contribution in [0.15, 0.2) is 55.0 Å². The molecule has 1 fully saturated rings. The van der Waals surface area contributed by atoms with Gasteiger partial charge < -0.3 is 14.6 Å². The molecule has 1 saturated heterocycles. The van der Waals surface area contributed by atoms with E-state index >= 15 is 0 Å². The van der Waals surface area contributed by atoms with Crippen LogP contribution in [-0.4, -0.2) is 50.0 Å². The minimum absolute atomic E-state index is 0.0247. The molecule has 2 heterocycles. The molecule has 4 rings (SSSR count). The molecule has 8 heteroatoms. The molecule has 1 N–H and O–H groups in total. The Kier molecular flexibility index (Phi) is 5.96. The van der Waals surface area contributed by atoms with Crippen molar-refractivity contribution in [1.82, 2.24) is 19.4 Å². The van der Waals surface area contributed by atoms with Gasteiger partial charge in [-0.3, -0.25) is 9.69 Å². The maximum absolute atomic E-state index is 13.9. The van der Waals surface area contributed by atoms with Crippen molar-refractivity contribution < 1.29 is 14.3 Å². The van der Waals surface area contributed by atoms with Gasteiger partial charge in [-0.05, 0) is 35.4 Å². The summed E-state index contributed by atoms with van der Waals surface area (Å²) in [5.74, 6) is -0.302.